The molecule has 1 fully saturated rings. The summed E-state index contributed by atoms with van der Waals surface area (Å²) in [6, 6.07) is 7.32. The molecule has 0 unspecified atom stereocenters. The average molecular weight is 276 g/mol. The minimum Gasteiger partial charge on any atom is -0.497 e. The van der Waals surface area contributed by atoms with Crippen molar-refractivity contribution < 1.29 is 14.3 Å². The second kappa shape index (κ2) is 6.41. The van der Waals surface area contributed by atoms with Crippen LogP contribution < -0.4 is 10.1 Å². The lowest BCUT2D eigenvalue weighted by molar-refractivity contribution is -0.129. The molecule has 0 aromatic heterocycles. The van der Waals surface area contributed by atoms with Crippen LogP contribution in [0.1, 0.15) is 30.1 Å². The van der Waals surface area contributed by atoms with Crippen molar-refractivity contribution in [3.63, 3.8) is 0 Å². The van der Waals surface area contributed by atoms with Gasteiger partial charge < -0.3 is 15.0 Å². The van der Waals surface area contributed by atoms with Gasteiger partial charge in [0.2, 0.25) is 5.91 Å². The van der Waals surface area contributed by atoms with Gasteiger partial charge in [0.15, 0.2) is 0 Å². The smallest absolute Gasteiger partial charge is 0.251 e. The Balaban J connectivity index is 1.80. The molecule has 0 heterocycles. The van der Waals surface area contributed by atoms with Crippen LogP contribution in [0.4, 0.5) is 0 Å². The van der Waals surface area contributed by atoms with Crippen molar-refractivity contribution in [1.82, 2.24) is 10.2 Å². The first kappa shape index (κ1) is 14.4. The Hall–Kier alpha value is -2.04. The number of carbonyl (C=O) groups excluding carboxylic acids is 2. The minimum absolute atomic E-state index is 0.0752. The molecule has 1 aromatic rings. The summed E-state index contributed by atoms with van der Waals surface area (Å²) in [7, 11) is 1.59. The van der Waals surface area contributed by atoms with Crippen LogP contribution in [0, 0.1) is 0 Å². The molecule has 0 atom stereocenters. The number of carbonyl (C=O) groups is 2. The molecular weight excluding hydrogens is 256 g/mol. The van der Waals surface area contributed by atoms with E-state index < -0.39 is 0 Å². The lowest BCUT2D eigenvalue weighted by Gasteiger charge is -2.20. The molecule has 1 saturated carbocycles. The number of nitrogens with one attached hydrogen (secondary N) is 1. The fraction of sp³-hybridized carbons (Fsp3) is 0.467. The van der Waals surface area contributed by atoms with Crippen molar-refractivity contribution in [3.8, 4) is 5.75 Å². The van der Waals surface area contributed by atoms with Crippen LogP contribution in [-0.4, -0.2) is 43.0 Å². The Labute approximate surface area is 118 Å². The minimum atomic E-state index is -0.132. The molecule has 0 radical (unpaired) electrons. The molecule has 108 valence electrons. The maximum atomic E-state index is 11.9. The maximum absolute atomic E-state index is 11.9. The Bertz CT molecular complexity index is 480. The quantitative estimate of drug-likeness (QED) is 0.855. The number of methoxy groups -OCH3 is 1. The van der Waals surface area contributed by atoms with Crippen molar-refractivity contribution in [1.29, 1.82) is 0 Å². The summed E-state index contributed by atoms with van der Waals surface area (Å²) in [5.41, 5.74) is 0.589. The Kier molecular flexibility index (Phi) is 4.61. The third-order valence-electron chi connectivity index (χ3n) is 3.38. The Morgan fingerprint density at radius 2 is 1.95 bits per heavy atom. The molecule has 1 aromatic carbocycles. The summed E-state index contributed by atoms with van der Waals surface area (Å²) in [6.07, 6.45) is 2.15. The molecule has 0 spiro atoms. The van der Waals surface area contributed by atoms with Gasteiger partial charge in [-0.1, -0.05) is 0 Å². The lowest BCUT2D eigenvalue weighted by Crippen LogP contribution is -2.38. The lowest BCUT2D eigenvalue weighted by atomic mass is 10.2. The molecule has 5 nitrogen and oxygen atoms in total. The maximum Gasteiger partial charge on any atom is 0.251 e. The molecular formula is C15H20N2O3. The molecule has 1 N–H and O–H groups in total. The van der Waals surface area contributed by atoms with Crippen molar-refractivity contribution in [3.05, 3.63) is 29.8 Å². The Morgan fingerprint density at radius 1 is 1.30 bits per heavy atom. The van der Waals surface area contributed by atoms with Crippen LogP contribution in [0.15, 0.2) is 24.3 Å². The monoisotopic (exact) mass is 276 g/mol. The first-order valence-electron chi connectivity index (χ1n) is 6.81. The molecule has 2 amide bonds. The third kappa shape index (κ3) is 3.73. The van der Waals surface area contributed by atoms with Crippen LogP contribution in [0.3, 0.4) is 0 Å². The molecule has 1 aliphatic carbocycles. The van der Waals surface area contributed by atoms with Crippen molar-refractivity contribution in [2.45, 2.75) is 25.8 Å². The van der Waals surface area contributed by atoms with Gasteiger partial charge in [-0.3, -0.25) is 9.59 Å². The molecule has 2 rings (SSSR count). The van der Waals surface area contributed by atoms with Crippen LogP contribution in [-0.2, 0) is 4.79 Å². The highest BCUT2D eigenvalue weighted by Crippen LogP contribution is 2.26. The fourth-order valence-corrected chi connectivity index (χ4v) is 2.12. The highest BCUT2D eigenvalue weighted by molar-refractivity contribution is 5.94. The van der Waals surface area contributed by atoms with E-state index >= 15 is 0 Å². The van der Waals surface area contributed by atoms with Crippen molar-refractivity contribution >= 4 is 11.8 Å². The van der Waals surface area contributed by atoms with Crippen LogP contribution >= 0.6 is 0 Å². The fourth-order valence-electron chi connectivity index (χ4n) is 2.12. The molecule has 0 bridgehead atoms. The largest absolute Gasteiger partial charge is 0.497 e. The normalized spacial score (nSPS) is 13.7. The molecule has 0 saturated heterocycles. The summed E-state index contributed by atoms with van der Waals surface area (Å²) in [5.74, 6) is 0.663. The number of hydrogen-bond donors (Lipinski definition) is 1. The molecule has 0 aliphatic heterocycles. The first-order chi connectivity index (χ1) is 9.61. The van der Waals surface area contributed by atoms with E-state index in [1.165, 1.54) is 0 Å². The van der Waals surface area contributed by atoms with Gasteiger partial charge in [0.1, 0.15) is 5.75 Å². The highest BCUT2D eigenvalue weighted by atomic mass is 16.5. The second-order valence-electron chi connectivity index (χ2n) is 4.93. The van der Waals surface area contributed by atoms with Crippen molar-refractivity contribution in [2.24, 2.45) is 0 Å². The first-order valence-corrected chi connectivity index (χ1v) is 6.81. The van der Waals surface area contributed by atoms with Gasteiger partial charge in [-0.2, -0.15) is 0 Å². The zero-order valence-corrected chi connectivity index (χ0v) is 11.9. The van der Waals surface area contributed by atoms with Crippen LogP contribution in [0.5, 0.6) is 5.75 Å². The number of ether oxygens (including phenoxy) is 1. The van der Waals surface area contributed by atoms with Gasteiger partial charge in [0.05, 0.1) is 7.11 Å². The predicted molar refractivity (Wildman–Crippen MR) is 75.7 cm³/mol. The van der Waals surface area contributed by atoms with Crippen molar-refractivity contribution in [2.75, 3.05) is 20.2 Å². The second-order valence-corrected chi connectivity index (χ2v) is 4.93. The third-order valence-corrected chi connectivity index (χ3v) is 3.38. The van der Waals surface area contributed by atoms with E-state index in [1.807, 2.05) is 4.90 Å². The average Bonchev–Trinajstić information content (AvgIpc) is 3.27. The predicted octanol–water partition coefficient (Wildman–Crippen LogP) is 1.44. The van der Waals surface area contributed by atoms with E-state index in [-0.39, 0.29) is 11.8 Å². The standard InChI is InChI=1S/C15H20N2O3/c1-11(18)17(13-5-6-13)10-9-16-15(19)12-3-7-14(20-2)8-4-12/h3-4,7-8,13H,5-6,9-10H2,1-2H3,(H,16,19). The molecule has 20 heavy (non-hydrogen) atoms. The zero-order valence-electron chi connectivity index (χ0n) is 11.9. The van der Waals surface area contributed by atoms with Gasteiger partial charge in [-0.05, 0) is 37.1 Å². The van der Waals surface area contributed by atoms with E-state index in [2.05, 4.69) is 5.32 Å². The molecule has 5 heteroatoms. The van der Waals surface area contributed by atoms with E-state index in [0.717, 1.165) is 18.6 Å². The van der Waals surface area contributed by atoms with E-state index in [1.54, 1.807) is 38.3 Å². The summed E-state index contributed by atoms with van der Waals surface area (Å²) in [5, 5.41) is 2.83. The van der Waals surface area contributed by atoms with Gasteiger partial charge in [-0.25, -0.2) is 0 Å². The highest BCUT2D eigenvalue weighted by Gasteiger charge is 2.30. The van der Waals surface area contributed by atoms with Crippen LogP contribution in [0.25, 0.3) is 0 Å². The van der Waals surface area contributed by atoms with Gasteiger partial charge in [0.25, 0.3) is 5.91 Å². The summed E-state index contributed by atoms with van der Waals surface area (Å²) in [4.78, 5) is 25.2. The van der Waals surface area contributed by atoms with E-state index in [0.29, 0.717) is 24.7 Å². The van der Waals surface area contributed by atoms with Gasteiger partial charge in [-0.15, -0.1) is 0 Å². The SMILES string of the molecule is COc1ccc(C(=O)NCCN(C(C)=O)C2CC2)cc1. The van der Waals surface area contributed by atoms with Gasteiger partial charge >= 0.3 is 0 Å². The summed E-state index contributed by atoms with van der Waals surface area (Å²) >= 11 is 0. The summed E-state index contributed by atoms with van der Waals surface area (Å²) < 4.78 is 5.05. The number of benzene rings is 1. The van der Waals surface area contributed by atoms with Gasteiger partial charge in [0, 0.05) is 31.6 Å². The van der Waals surface area contributed by atoms with E-state index in [9.17, 15) is 9.59 Å². The van der Waals surface area contributed by atoms with E-state index in [4.69, 9.17) is 4.74 Å². The Morgan fingerprint density at radius 3 is 2.45 bits per heavy atom. The molecule has 1 aliphatic rings. The number of nitrogens with zero attached hydrogens (tertiary/aromatic N) is 1. The zero-order chi connectivity index (χ0) is 14.5. The number of rotatable bonds is 6. The number of hydrogen-bond acceptors (Lipinski definition) is 3. The van der Waals surface area contributed by atoms with Crippen LogP contribution in [0.2, 0.25) is 0 Å². The number of amides is 2. The summed E-state index contributed by atoms with van der Waals surface area (Å²) in [6.45, 7) is 2.62. The topological polar surface area (TPSA) is 58.6 Å².